The molecule has 5 nitrogen and oxygen atoms in total. The number of amides is 1. The van der Waals surface area contributed by atoms with E-state index in [0.717, 1.165) is 5.75 Å². The van der Waals surface area contributed by atoms with Gasteiger partial charge in [-0.2, -0.15) is 4.98 Å². The van der Waals surface area contributed by atoms with Crippen molar-refractivity contribution in [2.24, 2.45) is 0 Å². The van der Waals surface area contributed by atoms with E-state index in [9.17, 15) is 4.79 Å². The van der Waals surface area contributed by atoms with Gasteiger partial charge in [0.1, 0.15) is 0 Å². The maximum Gasteiger partial charge on any atom is 0.232 e. The summed E-state index contributed by atoms with van der Waals surface area (Å²) < 4.78 is 5.16. The highest BCUT2D eigenvalue weighted by atomic mass is 32.2. The molecule has 1 amide bonds. The number of benzene rings is 1. The topological polar surface area (TPSA) is 59.2 Å². The van der Waals surface area contributed by atoms with Crippen molar-refractivity contribution in [3.8, 4) is 0 Å². The second kappa shape index (κ2) is 8.33. The molecule has 6 heteroatoms. The molecule has 130 valence electrons. The lowest BCUT2D eigenvalue weighted by Crippen LogP contribution is -2.28. The number of aryl methyl sites for hydroxylation is 2. The number of rotatable bonds is 7. The number of carbonyl (C=O) groups is 1. The minimum absolute atomic E-state index is 0.0697. The van der Waals surface area contributed by atoms with Crippen molar-refractivity contribution in [1.82, 2.24) is 15.0 Å². The first-order valence-corrected chi connectivity index (χ1v) is 9.22. The van der Waals surface area contributed by atoms with Crippen LogP contribution in [0.1, 0.15) is 48.2 Å². The zero-order valence-corrected chi connectivity index (χ0v) is 15.8. The number of hydrogen-bond donors (Lipinski definition) is 0. The largest absolute Gasteiger partial charge is 0.339 e. The van der Waals surface area contributed by atoms with E-state index in [2.05, 4.69) is 42.2 Å². The molecular weight excluding hydrogens is 322 g/mol. The van der Waals surface area contributed by atoms with Crippen molar-refractivity contribution in [1.29, 1.82) is 0 Å². The van der Waals surface area contributed by atoms with Gasteiger partial charge in [-0.15, -0.1) is 11.8 Å². The molecule has 0 aliphatic heterocycles. The Bertz CT molecular complexity index is 677. The first kappa shape index (κ1) is 18.5. The summed E-state index contributed by atoms with van der Waals surface area (Å²) in [7, 11) is 1.77. The second-order valence-electron chi connectivity index (χ2n) is 6.44. The molecule has 0 atom stereocenters. The maximum atomic E-state index is 12.2. The fourth-order valence-electron chi connectivity index (χ4n) is 2.39. The summed E-state index contributed by atoms with van der Waals surface area (Å²) in [5, 5.41) is 3.92. The summed E-state index contributed by atoms with van der Waals surface area (Å²) in [5.74, 6) is 2.70. The quantitative estimate of drug-likeness (QED) is 0.764. The third-order valence-corrected chi connectivity index (χ3v) is 4.55. The third kappa shape index (κ3) is 5.37. The predicted octanol–water partition coefficient (Wildman–Crippen LogP) is 3.70. The highest BCUT2D eigenvalue weighted by Crippen LogP contribution is 2.17. The smallest absolute Gasteiger partial charge is 0.232 e. The van der Waals surface area contributed by atoms with Crippen molar-refractivity contribution in [2.75, 3.05) is 12.8 Å². The molecule has 0 radical (unpaired) electrons. The minimum atomic E-state index is 0.0697. The van der Waals surface area contributed by atoms with Crippen molar-refractivity contribution in [3.05, 3.63) is 46.6 Å². The molecule has 2 rings (SSSR count). The molecule has 0 aliphatic carbocycles. The molecule has 1 aromatic carbocycles. The van der Waals surface area contributed by atoms with Crippen molar-refractivity contribution >= 4 is 17.7 Å². The molecule has 2 aromatic rings. The first-order chi connectivity index (χ1) is 11.3. The summed E-state index contributed by atoms with van der Waals surface area (Å²) >= 11 is 1.63. The average Bonchev–Trinajstić information content (AvgIpc) is 2.94. The monoisotopic (exact) mass is 347 g/mol. The van der Waals surface area contributed by atoms with E-state index < -0.39 is 0 Å². The van der Waals surface area contributed by atoms with E-state index in [0.29, 0.717) is 24.0 Å². The van der Waals surface area contributed by atoms with Crippen LogP contribution in [0.15, 0.2) is 22.7 Å². The Hall–Kier alpha value is -1.82. The molecule has 0 N–H and O–H groups in total. The van der Waals surface area contributed by atoms with E-state index in [4.69, 9.17) is 4.52 Å². The van der Waals surface area contributed by atoms with Gasteiger partial charge in [-0.05, 0) is 19.4 Å². The van der Waals surface area contributed by atoms with Crippen LogP contribution >= 0.6 is 11.8 Å². The Morgan fingerprint density at radius 2 is 1.92 bits per heavy atom. The number of carbonyl (C=O) groups excluding carboxylic acids is 1. The summed E-state index contributed by atoms with van der Waals surface area (Å²) in [5.41, 5.74) is 3.77. The number of nitrogens with zero attached hydrogens (tertiary/aromatic N) is 3. The molecule has 0 aliphatic rings. The highest BCUT2D eigenvalue weighted by molar-refractivity contribution is 7.99. The minimum Gasteiger partial charge on any atom is -0.339 e. The van der Waals surface area contributed by atoms with Gasteiger partial charge in [0.15, 0.2) is 5.82 Å². The lowest BCUT2D eigenvalue weighted by atomic mass is 10.1. The highest BCUT2D eigenvalue weighted by Gasteiger charge is 2.15. The average molecular weight is 347 g/mol. The Balaban J connectivity index is 1.80. The van der Waals surface area contributed by atoms with Gasteiger partial charge in [-0.1, -0.05) is 48.3 Å². The Morgan fingerprint density at radius 1 is 1.25 bits per heavy atom. The molecule has 0 saturated carbocycles. The van der Waals surface area contributed by atoms with E-state index in [-0.39, 0.29) is 11.8 Å². The number of aromatic nitrogens is 2. The van der Waals surface area contributed by atoms with Gasteiger partial charge in [0.25, 0.3) is 0 Å². The molecular formula is C18H25N3O2S. The normalized spacial score (nSPS) is 11.1. The lowest BCUT2D eigenvalue weighted by Gasteiger charge is -2.14. The van der Waals surface area contributed by atoms with Crippen LogP contribution in [0, 0.1) is 13.8 Å². The van der Waals surface area contributed by atoms with E-state index in [1.807, 2.05) is 13.8 Å². The van der Waals surface area contributed by atoms with Crippen molar-refractivity contribution in [3.63, 3.8) is 0 Å². The summed E-state index contributed by atoms with van der Waals surface area (Å²) in [4.78, 5) is 18.2. The van der Waals surface area contributed by atoms with Gasteiger partial charge in [0, 0.05) is 18.7 Å². The predicted molar refractivity (Wildman–Crippen MR) is 96.9 cm³/mol. The number of thioether (sulfide) groups is 1. The molecule has 0 bridgehead atoms. The fourth-order valence-corrected chi connectivity index (χ4v) is 3.28. The van der Waals surface area contributed by atoms with Gasteiger partial charge in [0.05, 0.1) is 12.3 Å². The first-order valence-electron chi connectivity index (χ1n) is 8.06. The van der Waals surface area contributed by atoms with Gasteiger partial charge in [0.2, 0.25) is 11.8 Å². The van der Waals surface area contributed by atoms with Crippen LogP contribution in [0.2, 0.25) is 0 Å². The van der Waals surface area contributed by atoms with E-state index in [1.54, 1.807) is 23.7 Å². The number of hydrogen-bond acceptors (Lipinski definition) is 5. The van der Waals surface area contributed by atoms with Crippen LogP contribution in [0.25, 0.3) is 0 Å². The zero-order chi connectivity index (χ0) is 17.7. The molecule has 0 fully saturated rings. The fraction of sp³-hybridized carbons (Fsp3) is 0.500. The van der Waals surface area contributed by atoms with Gasteiger partial charge in [-0.25, -0.2) is 0 Å². The van der Waals surface area contributed by atoms with Crippen LogP contribution in [0.5, 0.6) is 0 Å². The maximum absolute atomic E-state index is 12.2. The standard InChI is InChI=1S/C18H25N3O2S/c1-12(2)18-19-16(20-23-18)9-21(5)17(22)11-24-10-15-7-13(3)6-14(4)8-15/h6-8,12H,9-11H2,1-5H3. The van der Waals surface area contributed by atoms with Gasteiger partial charge < -0.3 is 9.42 Å². The molecule has 0 spiro atoms. The van der Waals surface area contributed by atoms with Crippen LogP contribution in [0.4, 0.5) is 0 Å². The Kier molecular flexibility index (Phi) is 6.43. The van der Waals surface area contributed by atoms with Crippen LogP contribution in [-0.4, -0.2) is 33.7 Å². The van der Waals surface area contributed by atoms with Gasteiger partial charge in [-0.3, -0.25) is 4.79 Å². The van der Waals surface area contributed by atoms with E-state index >= 15 is 0 Å². The van der Waals surface area contributed by atoms with Crippen molar-refractivity contribution < 1.29 is 9.32 Å². The molecule has 0 saturated heterocycles. The molecule has 0 unspecified atom stereocenters. The summed E-state index contributed by atoms with van der Waals surface area (Å²) in [6.07, 6.45) is 0. The zero-order valence-electron chi connectivity index (χ0n) is 15.0. The summed E-state index contributed by atoms with van der Waals surface area (Å²) in [6.45, 7) is 8.55. The molecule has 1 aromatic heterocycles. The van der Waals surface area contributed by atoms with Crippen LogP contribution in [0.3, 0.4) is 0 Å². The van der Waals surface area contributed by atoms with Gasteiger partial charge >= 0.3 is 0 Å². The van der Waals surface area contributed by atoms with E-state index in [1.165, 1.54) is 16.7 Å². The van der Waals surface area contributed by atoms with Crippen LogP contribution < -0.4 is 0 Å². The summed E-state index contributed by atoms with van der Waals surface area (Å²) in [6, 6.07) is 6.49. The Morgan fingerprint density at radius 3 is 2.50 bits per heavy atom. The van der Waals surface area contributed by atoms with Crippen molar-refractivity contribution in [2.45, 2.75) is 45.9 Å². The molecule has 1 heterocycles. The SMILES string of the molecule is Cc1cc(C)cc(CSCC(=O)N(C)Cc2noc(C(C)C)n2)c1. The molecule has 24 heavy (non-hydrogen) atoms. The Labute approximate surface area is 147 Å². The van der Waals surface area contributed by atoms with Crippen LogP contribution in [-0.2, 0) is 17.1 Å². The second-order valence-corrected chi connectivity index (χ2v) is 7.43. The third-order valence-electron chi connectivity index (χ3n) is 3.56. The lowest BCUT2D eigenvalue weighted by molar-refractivity contribution is -0.127.